The molecule has 1 aromatic carbocycles. The largest absolute Gasteiger partial charge is 0.459 e. The number of hydroxylamine groups is 2. The molecular weight excluding hydrogens is 352 g/mol. The number of alkyl carbamates (subject to hydrolysis) is 1. The van der Waals surface area contributed by atoms with Crippen LogP contribution in [0.1, 0.15) is 39.2 Å². The smallest absolute Gasteiger partial charge is 0.408 e. The Morgan fingerprint density at radius 1 is 1.15 bits per heavy atom. The van der Waals surface area contributed by atoms with Gasteiger partial charge < -0.3 is 14.8 Å². The third-order valence-corrected chi connectivity index (χ3v) is 3.47. The minimum Gasteiger partial charge on any atom is -0.459 e. The number of hydrogen-bond acceptors (Lipinski definition) is 6. The van der Waals surface area contributed by atoms with Crippen LogP contribution in [0.5, 0.6) is 0 Å². The lowest BCUT2D eigenvalue weighted by Gasteiger charge is -2.23. The molecular formula is C19H28N2O6. The SMILES string of the molecule is CON(C)C(=O)CC[C@@H](NC(=O)OC(C)(C)C)C(=O)OCc1ccccc1. The Hall–Kier alpha value is -2.61. The van der Waals surface area contributed by atoms with Crippen molar-refractivity contribution in [2.45, 2.75) is 51.9 Å². The molecule has 1 rings (SSSR count). The second-order valence-electron chi connectivity index (χ2n) is 6.90. The minimum absolute atomic E-state index is 0.00869. The highest BCUT2D eigenvalue weighted by molar-refractivity contribution is 5.82. The van der Waals surface area contributed by atoms with Crippen LogP contribution in [0.25, 0.3) is 0 Å². The third-order valence-electron chi connectivity index (χ3n) is 3.47. The quantitative estimate of drug-likeness (QED) is 0.550. The molecule has 2 amide bonds. The highest BCUT2D eigenvalue weighted by Crippen LogP contribution is 2.10. The molecule has 0 aliphatic carbocycles. The first-order chi connectivity index (χ1) is 12.6. The van der Waals surface area contributed by atoms with Gasteiger partial charge in [0.15, 0.2) is 0 Å². The van der Waals surface area contributed by atoms with E-state index in [9.17, 15) is 14.4 Å². The first-order valence-electron chi connectivity index (χ1n) is 8.63. The first kappa shape index (κ1) is 22.4. The van der Waals surface area contributed by atoms with E-state index >= 15 is 0 Å². The van der Waals surface area contributed by atoms with Crippen molar-refractivity contribution in [3.8, 4) is 0 Å². The molecule has 0 aromatic heterocycles. The predicted molar refractivity (Wildman–Crippen MR) is 98.4 cm³/mol. The summed E-state index contributed by atoms with van der Waals surface area (Å²) in [5.74, 6) is -0.970. The van der Waals surface area contributed by atoms with Crippen LogP contribution >= 0.6 is 0 Å². The number of carbonyl (C=O) groups excluding carboxylic acids is 3. The van der Waals surface area contributed by atoms with Gasteiger partial charge in [0.05, 0.1) is 7.11 Å². The average molecular weight is 380 g/mol. The molecule has 0 saturated carbocycles. The van der Waals surface area contributed by atoms with Crippen molar-refractivity contribution in [2.24, 2.45) is 0 Å². The van der Waals surface area contributed by atoms with Gasteiger partial charge in [-0.3, -0.25) is 9.63 Å². The van der Waals surface area contributed by atoms with Crippen molar-refractivity contribution < 1.29 is 28.7 Å². The Kier molecular flexibility index (Phi) is 8.74. The zero-order valence-electron chi connectivity index (χ0n) is 16.5. The molecule has 0 unspecified atom stereocenters. The standard InChI is InChI=1S/C19H28N2O6/c1-19(2,3)27-18(24)20-15(11-12-16(22)21(4)25-5)17(23)26-13-14-9-7-6-8-10-14/h6-10,15H,11-13H2,1-5H3,(H,20,24)/t15-/m1/s1. The monoisotopic (exact) mass is 380 g/mol. The summed E-state index contributed by atoms with van der Waals surface area (Å²) in [6, 6.07) is 8.15. The van der Waals surface area contributed by atoms with Gasteiger partial charge in [-0.15, -0.1) is 0 Å². The summed E-state index contributed by atoms with van der Waals surface area (Å²) in [5.41, 5.74) is 0.103. The van der Waals surface area contributed by atoms with Crippen molar-refractivity contribution in [2.75, 3.05) is 14.2 Å². The van der Waals surface area contributed by atoms with E-state index in [1.807, 2.05) is 30.3 Å². The van der Waals surface area contributed by atoms with E-state index in [2.05, 4.69) is 5.32 Å². The summed E-state index contributed by atoms with van der Waals surface area (Å²) in [6.45, 7) is 5.21. The molecule has 0 aliphatic heterocycles. The average Bonchev–Trinajstić information content (AvgIpc) is 2.61. The molecule has 8 nitrogen and oxygen atoms in total. The number of ether oxygens (including phenoxy) is 2. The van der Waals surface area contributed by atoms with E-state index in [0.29, 0.717) is 0 Å². The van der Waals surface area contributed by atoms with E-state index in [1.54, 1.807) is 20.8 Å². The summed E-state index contributed by atoms with van der Waals surface area (Å²) >= 11 is 0. The summed E-state index contributed by atoms with van der Waals surface area (Å²) in [4.78, 5) is 41.2. The Labute approximate surface area is 159 Å². The minimum atomic E-state index is -1.02. The van der Waals surface area contributed by atoms with Gasteiger partial charge in [-0.1, -0.05) is 30.3 Å². The number of hydrogen-bond donors (Lipinski definition) is 1. The predicted octanol–water partition coefficient (Wildman–Crippen LogP) is 2.42. The summed E-state index contributed by atoms with van der Waals surface area (Å²) < 4.78 is 10.5. The van der Waals surface area contributed by atoms with Crippen molar-refractivity contribution in [3.05, 3.63) is 35.9 Å². The molecule has 0 aliphatic rings. The van der Waals surface area contributed by atoms with E-state index < -0.39 is 23.7 Å². The van der Waals surface area contributed by atoms with E-state index in [4.69, 9.17) is 14.3 Å². The van der Waals surface area contributed by atoms with Crippen LogP contribution in [-0.2, 0) is 30.5 Å². The Morgan fingerprint density at radius 3 is 2.33 bits per heavy atom. The number of nitrogens with one attached hydrogen (secondary N) is 1. The van der Waals surface area contributed by atoms with E-state index in [-0.39, 0.29) is 25.4 Å². The molecule has 0 spiro atoms. The molecule has 0 radical (unpaired) electrons. The Morgan fingerprint density at radius 2 is 1.78 bits per heavy atom. The van der Waals surface area contributed by atoms with Gasteiger partial charge in [0, 0.05) is 13.5 Å². The van der Waals surface area contributed by atoms with Crippen LogP contribution in [0, 0.1) is 0 Å². The maximum atomic E-state index is 12.4. The topological polar surface area (TPSA) is 94.2 Å². The van der Waals surface area contributed by atoms with Crippen molar-refractivity contribution in [1.82, 2.24) is 10.4 Å². The van der Waals surface area contributed by atoms with E-state index in [1.165, 1.54) is 14.2 Å². The fourth-order valence-corrected chi connectivity index (χ4v) is 2.06. The number of benzene rings is 1. The van der Waals surface area contributed by atoms with Crippen molar-refractivity contribution in [1.29, 1.82) is 0 Å². The Balaban J connectivity index is 2.71. The zero-order valence-corrected chi connectivity index (χ0v) is 16.5. The zero-order chi connectivity index (χ0) is 20.4. The molecule has 0 saturated heterocycles. The molecule has 8 heteroatoms. The number of nitrogens with zero attached hydrogens (tertiary/aromatic N) is 1. The third kappa shape index (κ3) is 9.05. The lowest BCUT2D eigenvalue weighted by Crippen LogP contribution is -2.44. The van der Waals surface area contributed by atoms with Crippen LogP contribution in [0.3, 0.4) is 0 Å². The van der Waals surface area contributed by atoms with Crippen molar-refractivity contribution >= 4 is 18.0 Å². The summed E-state index contributed by atoms with van der Waals surface area (Å²) in [5, 5.41) is 3.53. The van der Waals surface area contributed by atoms with Gasteiger partial charge in [-0.25, -0.2) is 14.7 Å². The number of carbonyl (C=O) groups is 3. The van der Waals surface area contributed by atoms with Crippen LogP contribution in [0.2, 0.25) is 0 Å². The molecule has 1 aromatic rings. The fraction of sp³-hybridized carbons (Fsp3) is 0.526. The van der Waals surface area contributed by atoms with Gasteiger partial charge in [0.1, 0.15) is 18.2 Å². The molecule has 0 fully saturated rings. The molecule has 150 valence electrons. The van der Waals surface area contributed by atoms with Gasteiger partial charge in [-0.2, -0.15) is 0 Å². The van der Waals surface area contributed by atoms with E-state index in [0.717, 1.165) is 10.6 Å². The molecule has 0 heterocycles. The summed E-state index contributed by atoms with van der Waals surface area (Å²) in [7, 11) is 2.83. The number of rotatable bonds is 8. The highest BCUT2D eigenvalue weighted by atomic mass is 16.7. The molecule has 1 atom stereocenters. The van der Waals surface area contributed by atoms with Gasteiger partial charge >= 0.3 is 12.1 Å². The lowest BCUT2D eigenvalue weighted by atomic mass is 10.1. The first-order valence-corrected chi connectivity index (χ1v) is 8.63. The molecule has 1 N–H and O–H groups in total. The highest BCUT2D eigenvalue weighted by Gasteiger charge is 2.26. The van der Waals surface area contributed by atoms with Crippen molar-refractivity contribution in [3.63, 3.8) is 0 Å². The molecule has 27 heavy (non-hydrogen) atoms. The van der Waals surface area contributed by atoms with Crippen LogP contribution < -0.4 is 5.32 Å². The normalized spacial score (nSPS) is 12.0. The number of amides is 2. The maximum Gasteiger partial charge on any atom is 0.408 e. The lowest BCUT2D eigenvalue weighted by molar-refractivity contribution is -0.169. The van der Waals surface area contributed by atoms with Crippen LogP contribution in [0.15, 0.2) is 30.3 Å². The van der Waals surface area contributed by atoms with Gasteiger partial charge in [-0.05, 0) is 32.8 Å². The summed E-state index contributed by atoms with van der Waals surface area (Å²) in [6.07, 6.45) is -0.707. The maximum absolute atomic E-state index is 12.4. The fourth-order valence-electron chi connectivity index (χ4n) is 2.06. The van der Waals surface area contributed by atoms with Gasteiger partial charge in [0.25, 0.3) is 0 Å². The van der Waals surface area contributed by atoms with Crippen LogP contribution in [0.4, 0.5) is 4.79 Å². The van der Waals surface area contributed by atoms with Crippen LogP contribution in [-0.4, -0.2) is 48.8 Å². The molecule has 0 bridgehead atoms. The number of esters is 1. The second-order valence-corrected chi connectivity index (χ2v) is 6.90. The van der Waals surface area contributed by atoms with Gasteiger partial charge in [0.2, 0.25) is 5.91 Å². The second kappa shape index (κ2) is 10.5. The Bertz CT molecular complexity index is 627.